The molecule has 2 heterocycles. The summed E-state index contributed by atoms with van der Waals surface area (Å²) in [5, 5.41) is 7.91. The van der Waals surface area contributed by atoms with Crippen molar-refractivity contribution in [2.24, 2.45) is 16.8 Å². The van der Waals surface area contributed by atoms with E-state index in [-0.39, 0.29) is 5.91 Å². The third kappa shape index (κ3) is 4.32. The summed E-state index contributed by atoms with van der Waals surface area (Å²) < 4.78 is 31.7. The van der Waals surface area contributed by atoms with Crippen LogP contribution in [0, 0.1) is 11.8 Å². The molecule has 2 aliphatic heterocycles. The maximum atomic E-state index is 12.8. The minimum atomic E-state index is -5.08. The highest BCUT2D eigenvalue weighted by Gasteiger charge is 2.59. The summed E-state index contributed by atoms with van der Waals surface area (Å²) in [6.07, 6.45) is -3.07. The minimum absolute atomic E-state index is 0.201. The highest BCUT2D eigenvalue weighted by atomic mass is 35.5. The number of likely N-dealkylation sites (N-methyl/N-ethyl adjacent to an activating group) is 1. The molecule has 2 fully saturated rings. The topological polar surface area (TPSA) is 73.2 Å². The maximum absolute atomic E-state index is 12.8. The van der Waals surface area contributed by atoms with E-state index in [0.29, 0.717) is 11.8 Å². The molecule has 1 saturated heterocycles. The van der Waals surface area contributed by atoms with Crippen LogP contribution in [0.25, 0.3) is 0 Å². The van der Waals surface area contributed by atoms with E-state index >= 15 is 0 Å². The predicted octanol–water partition coefficient (Wildman–Crippen LogP) is 3.44. The summed E-state index contributed by atoms with van der Waals surface area (Å²) in [5.41, 5.74) is 0.758. The molecule has 4 rings (SSSR count). The molecule has 1 saturated carbocycles. The number of carbonyl (C=O) groups is 2. The SMILES string of the molecule is CC1=N[C@@]2(CC[C@@H]3CN(Cc4cccc(Cl)c4)C[C@@H]32)C(=O)N1C.O=C(O)C(F)(F)F. The van der Waals surface area contributed by atoms with Crippen molar-refractivity contribution in [2.45, 2.75) is 38.0 Å². The lowest BCUT2D eigenvalue weighted by molar-refractivity contribution is -0.192. The van der Waals surface area contributed by atoms with Crippen molar-refractivity contribution in [3.63, 3.8) is 0 Å². The Kier molecular flexibility index (Phi) is 6.15. The Hall–Kier alpha value is -2.13. The van der Waals surface area contributed by atoms with Gasteiger partial charge in [0, 0.05) is 37.6 Å². The lowest BCUT2D eigenvalue weighted by Gasteiger charge is -2.27. The molecule has 0 unspecified atom stereocenters. The lowest BCUT2D eigenvalue weighted by atomic mass is 9.85. The Morgan fingerprint density at radius 3 is 2.57 bits per heavy atom. The number of amides is 1. The Balaban J connectivity index is 0.000000318. The van der Waals surface area contributed by atoms with Gasteiger partial charge in [-0.25, -0.2) is 4.79 Å². The summed E-state index contributed by atoms with van der Waals surface area (Å²) in [5.74, 6) is -0.751. The summed E-state index contributed by atoms with van der Waals surface area (Å²) in [6.45, 7) is 4.85. The third-order valence-electron chi connectivity index (χ3n) is 6.09. The van der Waals surface area contributed by atoms with Crippen LogP contribution in [0.1, 0.15) is 25.3 Å². The van der Waals surface area contributed by atoms with Crippen LogP contribution < -0.4 is 0 Å². The second-order valence-corrected chi connectivity index (χ2v) is 8.42. The molecule has 6 nitrogen and oxygen atoms in total. The van der Waals surface area contributed by atoms with Crippen molar-refractivity contribution in [3.05, 3.63) is 34.9 Å². The average molecular weight is 446 g/mol. The number of likely N-dealkylation sites (tertiary alicyclic amines) is 1. The lowest BCUT2D eigenvalue weighted by Crippen LogP contribution is -2.45. The number of rotatable bonds is 2. The van der Waals surface area contributed by atoms with Crippen molar-refractivity contribution >= 4 is 29.3 Å². The fourth-order valence-electron chi connectivity index (χ4n) is 4.66. The van der Waals surface area contributed by atoms with Gasteiger partial charge in [0.15, 0.2) is 0 Å². The Bertz CT molecular complexity index is 876. The van der Waals surface area contributed by atoms with E-state index < -0.39 is 17.7 Å². The van der Waals surface area contributed by atoms with E-state index in [0.717, 1.165) is 43.3 Å². The number of carboxylic acids is 1. The average Bonchev–Trinajstić information content (AvgIpc) is 3.26. The number of nitrogens with zero attached hydrogens (tertiary/aromatic N) is 3. The normalized spacial score (nSPS) is 28.4. The van der Waals surface area contributed by atoms with Gasteiger partial charge in [0.2, 0.25) is 0 Å². The highest BCUT2D eigenvalue weighted by molar-refractivity contribution is 6.30. The predicted molar refractivity (Wildman–Crippen MR) is 105 cm³/mol. The van der Waals surface area contributed by atoms with E-state index in [1.807, 2.05) is 32.2 Å². The number of aliphatic imine (C=N–C) groups is 1. The largest absolute Gasteiger partial charge is 0.490 e. The van der Waals surface area contributed by atoms with E-state index in [1.165, 1.54) is 5.56 Å². The van der Waals surface area contributed by atoms with Crippen LogP contribution in [-0.4, -0.2) is 64.5 Å². The quantitative estimate of drug-likeness (QED) is 0.756. The summed E-state index contributed by atoms with van der Waals surface area (Å²) in [6, 6.07) is 8.05. The zero-order valence-corrected chi connectivity index (χ0v) is 17.4. The Morgan fingerprint density at radius 1 is 1.37 bits per heavy atom. The minimum Gasteiger partial charge on any atom is -0.475 e. The Morgan fingerprint density at radius 2 is 2.03 bits per heavy atom. The molecule has 1 amide bonds. The number of amidine groups is 1. The van der Waals surface area contributed by atoms with Crippen LogP contribution in [-0.2, 0) is 16.1 Å². The molecular weight excluding hydrogens is 423 g/mol. The third-order valence-corrected chi connectivity index (χ3v) is 6.32. The van der Waals surface area contributed by atoms with Gasteiger partial charge in [0.25, 0.3) is 5.91 Å². The first kappa shape index (κ1) is 22.6. The number of benzene rings is 1. The van der Waals surface area contributed by atoms with Gasteiger partial charge in [0.1, 0.15) is 11.4 Å². The van der Waals surface area contributed by atoms with E-state index in [2.05, 4.69) is 11.0 Å². The molecule has 1 aliphatic carbocycles. The van der Waals surface area contributed by atoms with Gasteiger partial charge in [-0.3, -0.25) is 14.7 Å². The van der Waals surface area contributed by atoms with Crippen LogP contribution in [0.4, 0.5) is 13.2 Å². The van der Waals surface area contributed by atoms with Crippen LogP contribution in [0.2, 0.25) is 5.02 Å². The second kappa shape index (κ2) is 8.19. The molecule has 1 aromatic rings. The molecule has 0 radical (unpaired) electrons. The number of fused-ring (bicyclic) bond motifs is 2. The highest BCUT2D eigenvalue weighted by Crippen LogP contribution is 2.50. The van der Waals surface area contributed by atoms with E-state index in [1.54, 1.807) is 4.90 Å². The van der Waals surface area contributed by atoms with Crippen molar-refractivity contribution in [1.82, 2.24) is 9.80 Å². The second-order valence-electron chi connectivity index (χ2n) is 7.98. The van der Waals surface area contributed by atoms with Crippen LogP contribution in [0.5, 0.6) is 0 Å². The van der Waals surface area contributed by atoms with Crippen LogP contribution in [0.3, 0.4) is 0 Å². The fourth-order valence-corrected chi connectivity index (χ4v) is 4.87. The molecule has 0 bridgehead atoms. The van der Waals surface area contributed by atoms with Gasteiger partial charge in [-0.15, -0.1) is 0 Å². The van der Waals surface area contributed by atoms with Crippen LogP contribution in [0.15, 0.2) is 29.3 Å². The molecule has 1 aromatic carbocycles. The molecule has 0 aromatic heterocycles. The van der Waals surface area contributed by atoms with Crippen molar-refractivity contribution in [2.75, 3.05) is 20.1 Å². The first-order valence-corrected chi connectivity index (χ1v) is 9.93. The molecule has 3 aliphatic rings. The number of hydrogen-bond donors (Lipinski definition) is 1. The molecule has 164 valence electrons. The van der Waals surface area contributed by atoms with Crippen molar-refractivity contribution in [1.29, 1.82) is 0 Å². The first-order chi connectivity index (χ1) is 13.9. The number of carbonyl (C=O) groups excluding carboxylic acids is 1. The zero-order valence-electron chi connectivity index (χ0n) is 16.6. The van der Waals surface area contributed by atoms with Crippen molar-refractivity contribution in [3.8, 4) is 0 Å². The molecular formula is C20H23ClF3N3O3. The molecule has 1 spiro atoms. The number of hydrogen-bond acceptors (Lipinski definition) is 4. The van der Waals surface area contributed by atoms with Crippen molar-refractivity contribution < 1.29 is 27.9 Å². The smallest absolute Gasteiger partial charge is 0.475 e. The number of carboxylic acid groups (broad SMARTS) is 1. The number of aliphatic carboxylic acids is 1. The van der Waals surface area contributed by atoms with Gasteiger partial charge in [-0.05, 0) is 43.4 Å². The standard InChI is InChI=1S/C18H22ClN3O.C2HF3O2/c1-12-20-18(17(23)21(12)2)7-6-14-10-22(11-16(14)18)9-13-4-3-5-15(19)8-13;3-2(4,5)1(6)7/h3-5,8,14,16H,6-7,9-11H2,1-2H3;(H,6,7)/t14-,16+,18-;/m1./s1. The molecule has 1 N–H and O–H groups in total. The van der Waals surface area contributed by atoms with Gasteiger partial charge in [-0.1, -0.05) is 23.7 Å². The Labute approximate surface area is 177 Å². The molecule has 10 heteroatoms. The number of halogens is 4. The summed E-state index contributed by atoms with van der Waals surface area (Å²) in [7, 11) is 1.85. The fraction of sp³-hybridized carbons (Fsp3) is 0.550. The molecule has 30 heavy (non-hydrogen) atoms. The monoisotopic (exact) mass is 445 g/mol. The number of alkyl halides is 3. The molecule has 3 atom stereocenters. The van der Waals surface area contributed by atoms with E-state index in [4.69, 9.17) is 26.5 Å². The maximum Gasteiger partial charge on any atom is 0.490 e. The summed E-state index contributed by atoms with van der Waals surface area (Å²) >= 11 is 6.09. The summed E-state index contributed by atoms with van der Waals surface area (Å²) in [4.78, 5) is 30.7. The van der Waals surface area contributed by atoms with Gasteiger partial charge >= 0.3 is 12.1 Å². The zero-order chi connectivity index (χ0) is 22.3. The van der Waals surface area contributed by atoms with E-state index in [9.17, 15) is 18.0 Å². The van der Waals surface area contributed by atoms with Gasteiger partial charge in [0.05, 0.1) is 0 Å². The van der Waals surface area contributed by atoms with Gasteiger partial charge < -0.3 is 10.0 Å². The first-order valence-electron chi connectivity index (χ1n) is 9.55. The van der Waals surface area contributed by atoms with Crippen LogP contribution >= 0.6 is 11.6 Å². The van der Waals surface area contributed by atoms with Gasteiger partial charge in [-0.2, -0.15) is 13.2 Å².